The van der Waals surface area contributed by atoms with Gasteiger partial charge in [0.25, 0.3) is 0 Å². The third-order valence-corrected chi connectivity index (χ3v) is 9.59. The Kier molecular flexibility index (Phi) is 4.65. The van der Waals surface area contributed by atoms with Crippen LogP contribution < -0.4 is 0 Å². The lowest BCUT2D eigenvalue weighted by Gasteiger charge is -2.46. The zero-order valence-corrected chi connectivity index (χ0v) is 20.9. The third-order valence-electron chi connectivity index (χ3n) is 7.67. The van der Waals surface area contributed by atoms with Crippen LogP contribution in [0.25, 0.3) is 11.1 Å². The largest absolute Gasteiger partial charge is 0.465 e. The van der Waals surface area contributed by atoms with Crippen LogP contribution in [0.1, 0.15) is 46.3 Å². The second-order valence-corrected chi connectivity index (χ2v) is 11.2. The standard InChI is InChI=1S/C31H23NO4S/c1-2-36-30(33)29-22-15-7-6-14-21(22)28-27(20-12-4-3-5-13-20)23-16-8-9-17-24(23)31(28)25-18-10-11-19-26(25)37(34,35)32(29)31/h3-19,29H,2H2,1H3/t29-,31+/m0/s1. The number of esters is 1. The van der Waals surface area contributed by atoms with E-state index in [4.69, 9.17) is 4.74 Å². The second kappa shape index (κ2) is 7.75. The van der Waals surface area contributed by atoms with Crippen LogP contribution in [0.2, 0.25) is 0 Å². The van der Waals surface area contributed by atoms with E-state index in [9.17, 15) is 13.2 Å². The maximum absolute atomic E-state index is 14.4. The minimum absolute atomic E-state index is 0.153. The minimum Gasteiger partial charge on any atom is -0.465 e. The van der Waals surface area contributed by atoms with E-state index in [1.54, 1.807) is 19.1 Å². The van der Waals surface area contributed by atoms with Crippen LogP contribution in [-0.4, -0.2) is 25.3 Å². The number of hydrogen-bond donors (Lipinski definition) is 0. The van der Waals surface area contributed by atoms with Gasteiger partial charge in [-0.05, 0) is 52.0 Å². The molecule has 2 heterocycles. The van der Waals surface area contributed by atoms with Crippen LogP contribution in [-0.2, 0) is 25.1 Å². The van der Waals surface area contributed by atoms with E-state index < -0.39 is 27.6 Å². The predicted octanol–water partition coefficient (Wildman–Crippen LogP) is 5.53. The first-order valence-electron chi connectivity index (χ1n) is 12.3. The minimum atomic E-state index is -4.08. The van der Waals surface area contributed by atoms with Crippen molar-refractivity contribution in [3.8, 4) is 0 Å². The van der Waals surface area contributed by atoms with Crippen molar-refractivity contribution in [3.05, 3.63) is 137 Å². The summed E-state index contributed by atoms with van der Waals surface area (Å²) in [4.78, 5) is 13.9. The summed E-state index contributed by atoms with van der Waals surface area (Å²) in [5.74, 6) is -0.574. The molecule has 7 rings (SSSR count). The first kappa shape index (κ1) is 22.2. The highest BCUT2D eigenvalue weighted by molar-refractivity contribution is 7.89. The van der Waals surface area contributed by atoms with E-state index in [1.807, 2.05) is 78.9 Å². The summed E-state index contributed by atoms with van der Waals surface area (Å²) in [6.07, 6.45) is 0. The molecular formula is C31H23NO4S. The maximum atomic E-state index is 14.4. The molecule has 0 bridgehead atoms. The molecule has 4 aromatic carbocycles. The van der Waals surface area contributed by atoms with Gasteiger partial charge >= 0.3 is 5.97 Å². The number of carbonyl (C=O) groups is 1. The molecule has 0 saturated heterocycles. The molecule has 1 spiro atoms. The highest BCUT2D eigenvalue weighted by atomic mass is 32.2. The highest BCUT2D eigenvalue weighted by Gasteiger charge is 2.67. The number of benzene rings is 4. The molecule has 3 aliphatic rings. The van der Waals surface area contributed by atoms with Crippen molar-refractivity contribution in [2.75, 3.05) is 6.61 Å². The van der Waals surface area contributed by atoms with Crippen LogP contribution in [0, 0.1) is 0 Å². The average molecular weight is 506 g/mol. The maximum Gasteiger partial charge on any atom is 0.329 e. The summed E-state index contributed by atoms with van der Waals surface area (Å²) in [6.45, 7) is 1.89. The summed E-state index contributed by atoms with van der Waals surface area (Å²) in [6, 6.07) is 31.6. The van der Waals surface area contributed by atoms with Crippen molar-refractivity contribution in [2.24, 2.45) is 0 Å². The van der Waals surface area contributed by atoms with Gasteiger partial charge in [0, 0.05) is 5.56 Å². The third kappa shape index (κ3) is 2.66. The van der Waals surface area contributed by atoms with Gasteiger partial charge < -0.3 is 4.74 Å². The normalized spacial score (nSPS) is 22.5. The van der Waals surface area contributed by atoms with Gasteiger partial charge in [-0.3, -0.25) is 0 Å². The fraction of sp³-hybridized carbons (Fsp3) is 0.129. The summed E-state index contributed by atoms with van der Waals surface area (Å²) in [5.41, 5.74) is 5.60. The van der Waals surface area contributed by atoms with E-state index in [-0.39, 0.29) is 11.5 Å². The van der Waals surface area contributed by atoms with Crippen LogP contribution >= 0.6 is 0 Å². The molecule has 0 fully saturated rings. The number of rotatable bonds is 3. The van der Waals surface area contributed by atoms with Crippen molar-refractivity contribution in [1.82, 2.24) is 4.31 Å². The first-order valence-corrected chi connectivity index (χ1v) is 13.8. The molecule has 2 atom stereocenters. The Morgan fingerprint density at radius 3 is 2.19 bits per heavy atom. The Hall–Kier alpha value is -4.00. The Morgan fingerprint density at radius 2 is 1.43 bits per heavy atom. The van der Waals surface area contributed by atoms with Crippen molar-refractivity contribution < 1.29 is 17.9 Å². The van der Waals surface area contributed by atoms with Gasteiger partial charge in [-0.1, -0.05) is 97.1 Å². The number of hydrogen-bond acceptors (Lipinski definition) is 4. The molecule has 0 aromatic heterocycles. The van der Waals surface area contributed by atoms with Gasteiger partial charge in [-0.2, -0.15) is 4.31 Å². The van der Waals surface area contributed by atoms with Gasteiger partial charge in [0.15, 0.2) is 0 Å². The molecule has 6 heteroatoms. The average Bonchev–Trinajstić information content (AvgIpc) is 3.35. The Morgan fingerprint density at radius 1 is 0.811 bits per heavy atom. The van der Waals surface area contributed by atoms with Crippen molar-refractivity contribution in [3.63, 3.8) is 0 Å². The van der Waals surface area contributed by atoms with Gasteiger partial charge in [0.1, 0.15) is 11.6 Å². The first-order chi connectivity index (χ1) is 18.0. The number of fused-ring (bicyclic) bond motifs is 4. The van der Waals surface area contributed by atoms with E-state index in [0.717, 1.165) is 33.4 Å². The summed E-state index contributed by atoms with van der Waals surface area (Å²) in [7, 11) is -4.08. The van der Waals surface area contributed by atoms with E-state index in [1.165, 1.54) is 4.31 Å². The molecular weight excluding hydrogens is 482 g/mol. The van der Waals surface area contributed by atoms with E-state index in [0.29, 0.717) is 11.1 Å². The van der Waals surface area contributed by atoms with Gasteiger partial charge in [-0.25, -0.2) is 13.2 Å². The van der Waals surface area contributed by atoms with Crippen LogP contribution in [0.5, 0.6) is 0 Å². The molecule has 37 heavy (non-hydrogen) atoms. The Bertz CT molecular complexity index is 1740. The molecule has 1 aliphatic carbocycles. The lowest BCUT2D eigenvalue weighted by Crippen LogP contribution is -2.52. The second-order valence-electron chi connectivity index (χ2n) is 9.41. The zero-order chi connectivity index (χ0) is 25.4. The van der Waals surface area contributed by atoms with Crippen LogP contribution in [0.15, 0.2) is 108 Å². The predicted molar refractivity (Wildman–Crippen MR) is 141 cm³/mol. The van der Waals surface area contributed by atoms with Crippen LogP contribution in [0.4, 0.5) is 0 Å². The fourth-order valence-electron chi connectivity index (χ4n) is 6.47. The van der Waals surface area contributed by atoms with Gasteiger partial charge in [-0.15, -0.1) is 0 Å². The van der Waals surface area contributed by atoms with E-state index in [2.05, 4.69) is 12.1 Å². The van der Waals surface area contributed by atoms with Gasteiger partial charge in [0.05, 0.1) is 11.5 Å². The lowest BCUT2D eigenvalue weighted by molar-refractivity contribution is -0.149. The van der Waals surface area contributed by atoms with E-state index >= 15 is 0 Å². The fourth-order valence-corrected chi connectivity index (χ4v) is 8.55. The van der Waals surface area contributed by atoms with Crippen LogP contribution in [0.3, 0.4) is 0 Å². The molecule has 5 nitrogen and oxygen atoms in total. The van der Waals surface area contributed by atoms with Gasteiger partial charge in [0.2, 0.25) is 10.0 Å². The monoisotopic (exact) mass is 505 g/mol. The summed E-state index contributed by atoms with van der Waals surface area (Å²) < 4.78 is 35.8. The highest BCUT2D eigenvalue weighted by Crippen LogP contribution is 2.67. The Balaban J connectivity index is 1.73. The number of carbonyl (C=O) groups excluding carboxylic acids is 1. The molecule has 0 amide bonds. The number of ether oxygens (including phenoxy) is 1. The summed E-state index contributed by atoms with van der Waals surface area (Å²) in [5, 5.41) is 0. The van der Waals surface area contributed by atoms with Crippen molar-refractivity contribution in [2.45, 2.75) is 23.4 Å². The lowest BCUT2D eigenvalue weighted by atomic mass is 9.71. The molecule has 0 N–H and O–H groups in total. The molecule has 0 saturated carbocycles. The molecule has 2 aliphatic heterocycles. The zero-order valence-electron chi connectivity index (χ0n) is 20.1. The molecule has 0 radical (unpaired) electrons. The number of sulfonamides is 1. The summed E-state index contributed by atoms with van der Waals surface area (Å²) >= 11 is 0. The Labute approximate surface area is 215 Å². The SMILES string of the molecule is CCOC(=O)[C@@H]1c2ccccc2C2=C(c3ccccc3)c3ccccc3[C@@]23c2ccccc2S(=O)(=O)N13. The molecule has 4 aromatic rings. The quantitative estimate of drug-likeness (QED) is 0.344. The number of nitrogens with zero attached hydrogens (tertiary/aromatic N) is 1. The smallest absolute Gasteiger partial charge is 0.329 e. The topological polar surface area (TPSA) is 63.7 Å². The van der Waals surface area contributed by atoms with Crippen molar-refractivity contribution in [1.29, 1.82) is 0 Å². The molecule has 182 valence electrons. The molecule has 0 unspecified atom stereocenters. The van der Waals surface area contributed by atoms with Crippen molar-refractivity contribution >= 4 is 27.1 Å².